The van der Waals surface area contributed by atoms with Gasteiger partial charge in [0, 0.05) is 11.1 Å². The average molecular weight is 451 g/mol. The van der Waals surface area contributed by atoms with Gasteiger partial charge in [-0.25, -0.2) is 13.6 Å². The molecule has 0 radical (unpaired) electrons. The first-order chi connectivity index (χ1) is 14.3. The van der Waals surface area contributed by atoms with Crippen LogP contribution in [0.5, 0.6) is 0 Å². The monoisotopic (exact) mass is 450 g/mol. The van der Waals surface area contributed by atoms with Crippen LogP contribution in [-0.4, -0.2) is 26.8 Å². The molecule has 0 saturated heterocycles. The highest BCUT2D eigenvalue weighted by Crippen LogP contribution is 2.35. The summed E-state index contributed by atoms with van der Waals surface area (Å²) in [6.45, 7) is 0. The highest BCUT2D eigenvalue weighted by molar-refractivity contribution is 6.39. The first-order valence-electron chi connectivity index (χ1n) is 9.11. The minimum atomic E-state index is -1.25. The molecule has 30 heavy (non-hydrogen) atoms. The second-order valence-corrected chi connectivity index (χ2v) is 7.70. The van der Waals surface area contributed by atoms with Crippen molar-refractivity contribution in [3.63, 3.8) is 0 Å². The Morgan fingerprint density at radius 1 is 1.03 bits per heavy atom. The van der Waals surface area contributed by atoms with E-state index in [0.717, 1.165) is 29.7 Å². The Balaban J connectivity index is 1.89. The Hall–Kier alpha value is -2.77. The molecule has 0 amide bonds. The molecule has 0 fully saturated rings. The first-order valence-corrected chi connectivity index (χ1v) is 9.87. The van der Waals surface area contributed by atoms with Crippen molar-refractivity contribution >= 4 is 35.1 Å². The van der Waals surface area contributed by atoms with Gasteiger partial charge in [-0.05, 0) is 56.0 Å². The topological polar surface area (TPSA) is 72.2 Å². The third-order valence-electron chi connectivity index (χ3n) is 5.10. The van der Waals surface area contributed by atoms with Crippen LogP contribution in [0.2, 0.25) is 10.0 Å². The molecular weight excluding hydrogens is 437 g/mol. The van der Waals surface area contributed by atoms with Crippen molar-refractivity contribution in [3.05, 3.63) is 74.4 Å². The molecule has 5 nitrogen and oxygen atoms in total. The highest BCUT2D eigenvalue weighted by Gasteiger charge is 2.29. The Labute approximate surface area is 179 Å². The summed E-state index contributed by atoms with van der Waals surface area (Å²) in [5, 5.41) is 12.9. The fourth-order valence-electron chi connectivity index (χ4n) is 3.65. The molecule has 0 atom stereocenters. The van der Waals surface area contributed by atoms with E-state index in [0.29, 0.717) is 24.1 Å². The highest BCUT2D eigenvalue weighted by atomic mass is 35.5. The van der Waals surface area contributed by atoms with Gasteiger partial charge in [0.2, 0.25) is 0 Å². The predicted octanol–water partition coefficient (Wildman–Crippen LogP) is 5.40. The van der Waals surface area contributed by atoms with E-state index in [9.17, 15) is 18.4 Å². The third kappa shape index (κ3) is 3.38. The van der Waals surface area contributed by atoms with Crippen molar-refractivity contribution in [2.75, 3.05) is 0 Å². The van der Waals surface area contributed by atoms with Crippen molar-refractivity contribution in [3.8, 4) is 11.3 Å². The van der Waals surface area contributed by atoms with Gasteiger partial charge < -0.3 is 5.11 Å². The Kier molecular flexibility index (Phi) is 5.34. The fourth-order valence-corrected chi connectivity index (χ4v) is 4.18. The maximum atomic E-state index is 14.7. The number of hydrogen-bond donors (Lipinski definition) is 1. The molecule has 2 aromatic carbocycles. The van der Waals surface area contributed by atoms with Crippen LogP contribution in [0.25, 0.3) is 11.3 Å². The lowest BCUT2D eigenvalue weighted by Crippen LogP contribution is -2.19. The van der Waals surface area contributed by atoms with Gasteiger partial charge in [0.1, 0.15) is 11.6 Å². The van der Waals surface area contributed by atoms with Crippen LogP contribution in [0.1, 0.15) is 44.8 Å². The van der Waals surface area contributed by atoms with Crippen LogP contribution >= 0.6 is 23.2 Å². The Morgan fingerprint density at radius 2 is 1.77 bits per heavy atom. The lowest BCUT2D eigenvalue weighted by molar-refractivity contribution is 0.0696. The number of rotatable bonds is 3. The SMILES string of the molecule is O=C(O)c1ccc(-c2nn(C(=O)c3c(Cl)ccc(F)c3Cl)c3c2CCCC3)c(F)c1. The number of aromatic nitrogens is 2. The van der Waals surface area contributed by atoms with Crippen molar-refractivity contribution in [2.24, 2.45) is 0 Å². The summed E-state index contributed by atoms with van der Waals surface area (Å²) in [6.07, 6.45) is 2.72. The van der Waals surface area contributed by atoms with Gasteiger partial charge in [0.05, 0.1) is 32.6 Å². The van der Waals surface area contributed by atoms with E-state index in [1.165, 1.54) is 18.2 Å². The maximum absolute atomic E-state index is 14.7. The fraction of sp³-hybridized carbons (Fsp3) is 0.190. The van der Waals surface area contributed by atoms with E-state index in [4.69, 9.17) is 28.3 Å². The van der Waals surface area contributed by atoms with Gasteiger partial charge in [-0.2, -0.15) is 9.78 Å². The molecule has 1 heterocycles. The standard InChI is InChI=1S/C21H14Cl2F2N2O3/c22-13-7-8-14(24)18(23)17(13)20(28)27-16-4-2-1-3-12(16)19(26-27)11-6-5-10(21(29)30)9-15(11)25/h5-9H,1-4H2,(H,29,30). The van der Waals surface area contributed by atoms with Crippen molar-refractivity contribution in [1.29, 1.82) is 0 Å². The number of benzene rings is 2. The minimum Gasteiger partial charge on any atom is -0.478 e. The molecule has 0 bridgehead atoms. The lowest BCUT2D eigenvalue weighted by atomic mass is 9.93. The molecule has 1 aromatic heterocycles. The summed E-state index contributed by atoms with van der Waals surface area (Å²) in [5.74, 6) is -3.52. The predicted molar refractivity (Wildman–Crippen MR) is 107 cm³/mol. The Bertz CT molecular complexity index is 1210. The molecule has 0 spiro atoms. The average Bonchev–Trinajstić information content (AvgIpc) is 3.10. The van der Waals surface area contributed by atoms with Gasteiger partial charge in [-0.3, -0.25) is 4.79 Å². The third-order valence-corrected chi connectivity index (χ3v) is 5.79. The van der Waals surface area contributed by atoms with Gasteiger partial charge in [-0.1, -0.05) is 23.2 Å². The molecule has 1 aliphatic carbocycles. The number of carbonyl (C=O) groups excluding carboxylic acids is 1. The summed E-state index contributed by atoms with van der Waals surface area (Å²) in [7, 11) is 0. The number of hydrogen-bond acceptors (Lipinski definition) is 3. The Morgan fingerprint density at radius 3 is 2.47 bits per heavy atom. The van der Waals surface area contributed by atoms with Crippen molar-refractivity contribution < 1.29 is 23.5 Å². The zero-order valence-corrected chi connectivity index (χ0v) is 16.9. The molecule has 4 rings (SSSR count). The zero-order valence-electron chi connectivity index (χ0n) is 15.4. The van der Waals surface area contributed by atoms with Crippen molar-refractivity contribution in [2.45, 2.75) is 25.7 Å². The molecule has 154 valence electrons. The number of carbonyl (C=O) groups is 2. The van der Waals surface area contributed by atoms with Crippen molar-refractivity contribution in [1.82, 2.24) is 9.78 Å². The van der Waals surface area contributed by atoms with Gasteiger partial charge in [-0.15, -0.1) is 0 Å². The zero-order chi connectivity index (χ0) is 21.6. The second kappa shape index (κ2) is 7.81. The molecule has 3 aromatic rings. The number of halogens is 4. The normalized spacial score (nSPS) is 13.2. The number of nitrogens with zero attached hydrogens (tertiary/aromatic N) is 2. The molecule has 1 N–H and O–H groups in total. The van der Waals surface area contributed by atoms with E-state index >= 15 is 0 Å². The molecule has 0 aliphatic heterocycles. The maximum Gasteiger partial charge on any atom is 0.335 e. The van der Waals surface area contributed by atoms with E-state index < -0.39 is 28.5 Å². The number of carboxylic acid groups (broad SMARTS) is 1. The second-order valence-electron chi connectivity index (χ2n) is 6.92. The summed E-state index contributed by atoms with van der Waals surface area (Å²) in [4.78, 5) is 24.3. The summed E-state index contributed by atoms with van der Waals surface area (Å²) in [5.41, 5.74) is 1.19. The largest absolute Gasteiger partial charge is 0.478 e. The van der Waals surface area contributed by atoms with Gasteiger partial charge >= 0.3 is 5.97 Å². The summed E-state index contributed by atoms with van der Waals surface area (Å²) < 4.78 is 29.7. The van der Waals surface area contributed by atoms with Crippen LogP contribution in [0.3, 0.4) is 0 Å². The van der Waals surface area contributed by atoms with Crippen LogP contribution < -0.4 is 0 Å². The first kappa shape index (κ1) is 20.5. The van der Waals surface area contributed by atoms with Crippen LogP contribution in [0, 0.1) is 11.6 Å². The quantitative estimate of drug-likeness (QED) is 0.542. The minimum absolute atomic E-state index is 0.0231. The van der Waals surface area contributed by atoms with Gasteiger partial charge in [0.15, 0.2) is 0 Å². The molecule has 0 saturated carbocycles. The van der Waals surface area contributed by atoms with Gasteiger partial charge in [0.25, 0.3) is 5.91 Å². The van der Waals surface area contributed by atoms with Crippen LogP contribution in [0.4, 0.5) is 8.78 Å². The number of carboxylic acids is 1. The number of fused-ring (bicyclic) bond motifs is 1. The molecule has 9 heteroatoms. The van der Waals surface area contributed by atoms with Crippen LogP contribution in [-0.2, 0) is 12.8 Å². The molecule has 0 unspecified atom stereocenters. The van der Waals surface area contributed by atoms with Crippen LogP contribution in [0.15, 0.2) is 30.3 Å². The molecule has 1 aliphatic rings. The lowest BCUT2D eigenvalue weighted by Gasteiger charge is -2.14. The van der Waals surface area contributed by atoms with E-state index in [2.05, 4.69) is 5.10 Å². The smallest absolute Gasteiger partial charge is 0.335 e. The van der Waals surface area contributed by atoms with E-state index in [1.807, 2.05) is 0 Å². The number of aromatic carboxylic acids is 1. The summed E-state index contributed by atoms with van der Waals surface area (Å²) in [6, 6.07) is 5.81. The molecular formula is C21H14Cl2F2N2O3. The van der Waals surface area contributed by atoms with E-state index in [-0.39, 0.29) is 27.4 Å². The summed E-state index contributed by atoms with van der Waals surface area (Å²) >= 11 is 12.1. The van der Waals surface area contributed by atoms with E-state index in [1.54, 1.807) is 0 Å².